The van der Waals surface area contributed by atoms with Crippen LogP contribution in [0.3, 0.4) is 0 Å². The van der Waals surface area contributed by atoms with E-state index in [4.69, 9.17) is 0 Å². The largest absolute Gasteiger partial charge is 0.374 e. The van der Waals surface area contributed by atoms with Crippen LogP contribution >= 0.6 is 0 Å². The molecule has 0 spiro atoms. The quantitative estimate of drug-likeness (QED) is 0.850. The predicted octanol–water partition coefficient (Wildman–Crippen LogP) is 2.11. The maximum atomic E-state index is 13.0. The number of nitrogens with zero attached hydrogens (tertiary/aromatic N) is 1. The van der Waals surface area contributed by atoms with Crippen molar-refractivity contribution in [2.75, 3.05) is 25.5 Å². The van der Waals surface area contributed by atoms with Crippen LogP contribution in [0.5, 0.6) is 0 Å². The Morgan fingerprint density at radius 2 is 1.79 bits per heavy atom. The number of aryl methyl sites for hydroxylation is 1. The van der Waals surface area contributed by atoms with Gasteiger partial charge < -0.3 is 10.6 Å². The monoisotopic (exact) mass is 353 g/mol. The molecule has 6 nitrogen and oxygen atoms in total. The fourth-order valence-corrected chi connectivity index (χ4v) is 4.69. The minimum absolute atomic E-state index is 0.146. The highest BCUT2D eigenvalue weighted by molar-refractivity contribution is 7.89. The first-order valence-electron chi connectivity index (χ1n) is 8.45. The molecule has 0 bridgehead atoms. The van der Waals surface area contributed by atoms with Crippen molar-refractivity contribution in [1.29, 1.82) is 0 Å². The lowest BCUT2D eigenvalue weighted by Crippen LogP contribution is -2.35. The van der Waals surface area contributed by atoms with E-state index in [9.17, 15) is 13.2 Å². The molecule has 0 aromatic heterocycles. The summed E-state index contributed by atoms with van der Waals surface area (Å²) in [6, 6.07) is 4.78. The summed E-state index contributed by atoms with van der Waals surface area (Å²) in [5, 5.41) is 5.62. The van der Waals surface area contributed by atoms with Gasteiger partial charge in [0.05, 0.1) is 4.90 Å². The van der Waals surface area contributed by atoms with E-state index in [2.05, 4.69) is 10.6 Å². The van der Waals surface area contributed by atoms with Crippen molar-refractivity contribution in [3.8, 4) is 0 Å². The summed E-state index contributed by atoms with van der Waals surface area (Å²) in [4.78, 5) is 12.0. The average Bonchev–Trinajstić information content (AvgIpc) is 2.85. The average molecular weight is 353 g/mol. The summed E-state index contributed by atoms with van der Waals surface area (Å²) in [6.07, 6.45) is 3.97. The zero-order valence-electron chi connectivity index (χ0n) is 14.6. The molecule has 0 radical (unpaired) electrons. The molecule has 1 aromatic rings. The zero-order valence-corrected chi connectivity index (χ0v) is 15.4. The minimum atomic E-state index is -3.51. The number of hydrogen-bond donors (Lipinski definition) is 2. The number of rotatable bonds is 5. The van der Waals surface area contributed by atoms with E-state index >= 15 is 0 Å². The molecule has 0 saturated carbocycles. The van der Waals surface area contributed by atoms with E-state index in [1.165, 1.54) is 0 Å². The molecule has 1 atom stereocenters. The SMILES string of the molecule is CNC(=O)[C@@H](C)Nc1ccc(C)c(S(=O)(=O)N2CCCCCC2)c1. The van der Waals surface area contributed by atoms with Crippen molar-refractivity contribution >= 4 is 21.6 Å². The van der Waals surface area contributed by atoms with Crippen LogP contribution in [-0.2, 0) is 14.8 Å². The molecule has 134 valence electrons. The van der Waals surface area contributed by atoms with Crippen LogP contribution in [0, 0.1) is 6.92 Å². The molecule has 7 heteroatoms. The second kappa shape index (κ2) is 7.98. The van der Waals surface area contributed by atoms with Crippen molar-refractivity contribution in [3.63, 3.8) is 0 Å². The Balaban J connectivity index is 2.28. The molecule has 2 N–H and O–H groups in total. The number of amides is 1. The first kappa shape index (κ1) is 18.7. The van der Waals surface area contributed by atoms with Crippen LogP contribution in [0.1, 0.15) is 38.2 Å². The Bertz CT molecular complexity index is 680. The molecule has 2 rings (SSSR count). The lowest BCUT2D eigenvalue weighted by molar-refractivity contribution is -0.121. The molecular formula is C17H27N3O3S. The Morgan fingerprint density at radius 3 is 2.38 bits per heavy atom. The third-order valence-corrected chi connectivity index (χ3v) is 6.43. The lowest BCUT2D eigenvalue weighted by Gasteiger charge is -2.22. The van der Waals surface area contributed by atoms with Crippen molar-refractivity contribution in [2.45, 2.75) is 50.5 Å². The van der Waals surface area contributed by atoms with Crippen LogP contribution in [0.25, 0.3) is 0 Å². The Kier molecular flexibility index (Phi) is 6.23. The summed E-state index contributed by atoms with van der Waals surface area (Å²) in [6.45, 7) is 4.69. The van der Waals surface area contributed by atoms with Gasteiger partial charge in [-0.1, -0.05) is 18.9 Å². The van der Waals surface area contributed by atoms with Gasteiger partial charge >= 0.3 is 0 Å². The molecule has 1 saturated heterocycles. The number of carbonyl (C=O) groups is 1. The number of carbonyl (C=O) groups excluding carboxylic acids is 1. The highest BCUT2D eigenvalue weighted by Gasteiger charge is 2.27. The zero-order chi connectivity index (χ0) is 17.7. The lowest BCUT2D eigenvalue weighted by atomic mass is 10.2. The van der Waals surface area contributed by atoms with Gasteiger partial charge in [-0.05, 0) is 44.4 Å². The maximum absolute atomic E-state index is 13.0. The van der Waals surface area contributed by atoms with Crippen LogP contribution in [0.15, 0.2) is 23.1 Å². The summed E-state index contributed by atoms with van der Waals surface area (Å²) in [7, 11) is -1.93. The number of sulfonamides is 1. The Labute approximate surface area is 144 Å². The fraction of sp³-hybridized carbons (Fsp3) is 0.588. The number of anilines is 1. The van der Waals surface area contributed by atoms with Crippen molar-refractivity contribution < 1.29 is 13.2 Å². The Hall–Kier alpha value is -1.60. The molecule has 1 aromatic carbocycles. The number of nitrogens with one attached hydrogen (secondary N) is 2. The third-order valence-electron chi connectivity index (χ3n) is 4.39. The van der Waals surface area contributed by atoms with Crippen LogP contribution in [-0.4, -0.2) is 44.8 Å². The van der Waals surface area contributed by atoms with E-state index in [1.807, 2.05) is 0 Å². The number of hydrogen-bond acceptors (Lipinski definition) is 4. The fourth-order valence-electron chi connectivity index (χ4n) is 2.92. The summed E-state index contributed by atoms with van der Waals surface area (Å²) in [5.41, 5.74) is 1.35. The van der Waals surface area contributed by atoms with E-state index in [1.54, 1.807) is 43.4 Å². The molecule has 1 aliphatic rings. The molecule has 0 unspecified atom stereocenters. The molecule has 24 heavy (non-hydrogen) atoms. The van der Waals surface area contributed by atoms with Crippen LogP contribution in [0.4, 0.5) is 5.69 Å². The van der Waals surface area contributed by atoms with Gasteiger partial charge in [-0.15, -0.1) is 0 Å². The minimum Gasteiger partial charge on any atom is -0.374 e. The van der Waals surface area contributed by atoms with Gasteiger partial charge in [-0.2, -0.15) is 4.31 Å². The van der Waals surface area contributed by atoms with E-state index in [-0.39, 0.29) is 5.91 Å². The summed E-state index contributed by atoms with van der Waals surface area (Å²) in [5.74, 6) is -0.146. The van der Waals surface area contributed by atoms with E-state index < -0.39 is 16.1 Å². The molecular weight excluding hydrogens is 326 g/mol. The first-order valence-corrected chi connectivity index (χ1v) is 9.89. The maximum Gasteiger partial charge on any atom is 0.243 e. The van der Waals surface area contributed by atoms with Gasteiger partial charge in [0, 0.05) is 25.8 Å². The molecule has 0 aliphatic carbocycles. The van der Waals surface area contributed by atoms with E-state index in [0.717, 1.165) is 31.2 Å². The van der Waals surface area contributed by atoms with Crippen molar-refractivity contribution in [3.05, 3.63) is 23.8 Å². The van der Waals surface area contributed by atoms with Crippen LogP contribution in [0.2, 0.25) is 0 Å². The standard InChI is InChI=1S/C17H27N3O3S/c1-13-8-9-15(19-14(2)17(21)18-3)12-16(13)24(22,23)20-10-6-4-5-7-11-20/h8-9,12,14,19H,4-7,10-11H2,1-3H3,(H,18,21)/t14-/m1/s1. The van der Waals surface area contributed by atoms with Crippen molar-refractivity contribution in [2.24, 2.45) is 0 Å². The Morgan fingerprint density at radius 1 is 1.17 bits per heavy atom. The summed E-state index contributed by atoms with van der Waals surface area (Å²) >= 11 is 0. The van der Waals surface area contributed by atoms with Gasteiger partial charge in [0.25, 0.3) is 0 Å². The molecule has 1 amide bonds. The third kappa shape index (κ3) is 4.27. The first-order chi connectivity index (χ1) is 11.4. The topological polar surface area (TPSA) is 78.5 Å². The van der Waals surface area contributed by atoms with Gasteiger partial charge in [-0.3, -0.25) is 4.79 Å². The van der Waals surface area contributed by atoms with E-state index in [0.29, 0.717) is 23.7 Å². The predicted molar refractivity (Wildman–Crippen MR) is 95.6 cm³/mol. The van der Waals surface area contributed by atoms with Crippen LogP contribution < -0.4 is 10.6 Å². The highest BCUT2D eigenvalue weighted by atomic mass is 32.2. The molecule has 1 fully saturated rings. The molecule has 1 heterocycles. The second-order valence-electron chi connectivity index (χ2n) is 6.28. The van der Waals surface area contributed by atoms with Gasteiger partial charge in [0.15, 0.2) is 0 Å². The van der Waals surface area contributed by atoms with Crippen molar-refractivity contribution in [1.82, 2.24) is 9.62 Å². The highest BCUT2D eigenvalue weighted by Crippen LogP contribution is 2.26. The van der Waals surface area contributed by atoms with Gasteiger partial charge in [0.1, 0.15) is 6.04 Å². The smallest absolute Gasteiger partial charge is 0.243 e. The summed E-state index contributed by atoms with van der Waals surface area (Å²) < 4.78 is 27.6. The van der Waals surface area contributed by atoms with Gasteiger partial charge in [-0.25, -0.2) is 8.42 Å². The van der Waals surface area contributed by atoms with Gasteiger partial charge in [0.2, 0.25) is 15.9 Å². The molecule has 1 aliphatic heterocycles. The number of benzene rings is 1. The second-order valence-corrected chi connectivity index (χ2v) is 8.19. The number of likely N-dealkylation sites (N-methyl/N-ethyl adjacent to an activating group) is 1. The normalized spacial score (nSPS) is 17.8.